The SMILES string of the molecule is CC(N)CCC(=O)NCC(C)(C)C1CCN(C)CC1. The second-order valence-electron chi connectivity index (χ2n) is 6.86. The average Bonchev–Trinajstić information content (AvgIpc) is 2.34. The summed E-state index contributed by atoms with van der Waals surface area (Å²) in [6, 6.07) is 0.104. The van der Waals surface area contributed by atoms with Gasteiger partial charge in [0.1, 0.15) is 0 Å². The number of likely N-dealkylation sites (tertiary alicyclic amines) is 1. The van der Waals surface area contributed by atoms with Gasteiger partial charge in [-0.05, 0) is 57.7 Å². The smallest absolute Gasteiger partial charge is 0.220 e. The largest absolute Gasteiger partial charge is 0.356 e. The Kier molecular flexibility index (Phi) is 6.27. The van der Waals surface area contributed by atoms with Gasteiger partial charge in [-0.3, -0.25) is 4.79 Å². The number of carbonyl (C=O) groups is 1. The van der Waals surface area contributed by atoms with Crippen molar-refractivity contribution in [1.82, 2.24) is 10.2 Å². The van der Waals surface area contributed by atoms with Crippen molar-refractivity contribution in [2.24, 2.45) is 17.1 Å². The van der Waals surface area contributed by atoms with E-state index in [2.05, 4.69) is 31.1 Å². The summed E-state index contributed by atoms with van der Waals surface area (Å²) >= 11 is 0. The highest BCUT2D eigenvalue weighted by molar-refractivity contribution is 5.75. The molecule has 4 nitrogen and oxygen atoms in total. The highest BCUT2D eigenvalue weighted by atomic mass is 16.1. The molecule has 0 radical (unpaired) electrons. The lowest BCUT2D eigenvalue weighted by Crippen LogP contribution is -2.43. The van der Waals surface area contributed by atoms with Gasteiger partial charge in [-0.1, -0.05) is 13.8 Å². The van der Waals surface area contributed by atoms with Crippen molar-refractivity contribution in [3.8, 4) is 0 Å². The molecule has 1 unspecified atom stereocenters. The van der Waals surface area contributed by atoms with E-state index in [4.69, 9.17) is 5.73 Å². The summed E-state index contributed by atoms with van der Waals surface area (Å²) in [5.41, 5.74) is 5.85. The Morgan fingerprint density at radius 2 is 2.00 bits per heavy atom. The Morgan fingerprint density at radius 1 is 1.42 bits per heavy atom. The fourth-order valence-corrected chi connectivity index (χ4v) is 2.71. The van der Waals surface area contributed by atoms with E-state index in [0.717, 1.165) is 13.0 Å². The van der Waals surface area contributed by atoms with Gasteiger partial charge in [-0.2, -0.15) is 0 Å². The topological polar surface area (TPSA) is 58.4 Å². The van der Waals surface area contributed by atoms with E-state index < -0.39 is 0 Å². The summed E-state index contributed by atoms with van der Waals surface area (Å²) in [7, 11) is 2.18. The van der Waals surface area contributed by atoms with Crippen molar-refractivity contribution in [3.63, 3.8) is 0 Å². The number of rotatable bonds is 6. The van der Waals surface area contributed by atoms with Crippen LogP contribution >= 0.6 is 0 Å². The average molecular weight is 269 g/mol. The Labute approximate surface area is 118 Å². The minimum Gasteiger partial charge on any atom is -0.356 e. The highest BCUT2D eigenvalue weighted by Gasteiger charge is 2.31. The van der Waals surface area contributed by atoms with Gasteiger partial charge < -0.3 is 16.0 Å². The second-order valence-corrected chi connectivity index (χ2v) is 6.86. The van der Waals surface area contributed by atoms with Gasteiger partial charge in [0.05, 0.1) is 0 Å². The molecule has 1 atom stereocenters. The number of piperidine rings is 1. The van der Waals surface area contributed by atoms with Crippen LogP contribution < -0.4 is 11.1 Å². The van der Waals surface area contributed by atoms with Crippen molar-refractivity contribution in [3.05, 3.63) is 0 Å². The fraction of sp³-hybridized carbons (Fsp3) is 0.933. The van der Waals surface area contributed by atoms with Crippen LogP contribution in [0.15, 0.2) is 0 Å². The number of hydrogen-bond donors (Lipinski definition) is 2. The molecule has 112 valence electrons. The Balaban J connectivity index is 2.31. The third kappa shape index (κ3) is 5.91. The first-order valence-corrected chi connectivity index (χ1v) is 7.52. The maximum absolute atomic E-state index is 11.8. The zero-order valence-corrected chi connectivity index (χ0v) is 13.0. The third-order valence-electron chi connectivity index (χ3n) is 4.39. The molecule has 0 aromatic carbocycles. The van der Waals surface area contributed by atoms with E-state index in [1.807, 2.05) is 6.92 Å². The number of nitrogens with zero attached hydrogens (tertiary/aromatic N) is 1. The summed E-state index contributed by atoms with van der Waals surface area (Å²) < 4.78 is 0. The number of nitrogens with one attached hydrogen (secondary N) is 1. The predicted molar refractivity (Wildman–Crippen MR) is 79.9 cm³/mol. The summed E-state index contributed by atoms with van der Waals surface area (Å²) in [5, 5.41) is 3.08. The molecule has 4 heteroatoms. The van der Waals surface area contributed by atoms with Gasteiger partial charge >= 0.3 is 0 Å². The van der Waals surface area contributed by atoms with Gasteiger partial charge in [0.2, 0.25) is 5.91 Å². The van der Waals surface area contributed by atoms with Gasteiger partial charge in [-0.15, -0.1) is 0 Å². The van der Waals surface area contributed by atoms with Crippen LogP contribution in [0.2, 0.25) is 0 Å². The molecule has 0 bridgehead atoms. The van der Waals surface area contributed by atoms with E-state index >= 15 is 0 Å². The summed E-state index contributed by atoms with van der Waals surface area (Å²) in [5.74, 6) is 0.843. The predicted octanol–water partition coefficient (Wildman–Crippen LogP) is 1.60. The zero-order valence-electron chi connectivity index (χ0n) is 13.0. The molecule has 19 heavy (non-hydrogen) atoms. The lowest BCUT2D eigenvalue weighted by molar-refractivity contribution is -0.121. The second kappa shape index (κ2) is 7.25. The molecule has 0 aromatic rings. The van der Waals surface area contributed by atoms with Crippen molar-refractivity contribution in [2.75, 3.05) is 26.7 Å². The number of nitrogens with two attached hydrogens (primary N) is 1. The summed E-state index contributed by atoms with van der Waals surface area (Å²) in [6.45, 7) is 9.61. The van der Waals surface area contributed by atoms with Crippen molar-refractivity contribution in [1.29, 1.82) is 0 Å². The Morgan fingerprint density at radius 3 is 2.53 bits per heavy atom. The maximum atomic E-state index is 11.8. The molecule has 1 aliphatic heterocycles. The van der Waals surface area contributed by atoms with Crippen molar-refractivity contribution >= 4 is 5.91 Å². The first-order chi connectivity index (χ1) is 8.81. The minimum absolute atomic E-state index is 0.104. The molecule has 0 aliphatic carbocycles. The maximum Gasteiger partial charge on any atom is 0.220 e. The van der Waals surface area contributed by atoms with E-state index in [-0.39, 0.29) is 17.4 Å². The zero-order chi connectivity index (χ0) is 14.5. The van der Waals surface area contributed by atoms with Crippen LogP contribution in [0, 0.1) is 11.3 Å². The van der Waals surface area contributed by atoms with E-state index in [0.29, 0.717) is 12.3 Å². The highest BCUT2D eigenvalue weighted by Crippen LogP contribution is 2.34. The van der Waals surface area contributed by atoms with Crippen LogP contribution in [0.25, 0.3) is 0 Å². The molecule has 1 aliphatic rings. The van der Waals surface area contributed by atoms with Gasteiger partial charge in [0, 0.05) is 19.0 Å². The van der Waals surface area contributed by atoms with E-state index in [1.165, 1.54) is 25.9 Å². The molecule has 0 spiro atoms. The lowest BCUT2D eigenvalue weighted by Gasteiger charge is -2.39. The first kappa shape index (κ1) is 16.4. The van der Waals surface area contributed by atoms with Crippen molar-refractivity contribution < 1.29 is 4.79 Å². The molecule has 0 aromatic heterocycles. The van der Waals surface area contributed by atoms with Crippen LogP contribution in [0.3, 0.4) is 0 Å². The number of hydrogen-bond acceptors (Lipinski definition) is 3. The first-order valence-electron chi connectivity index (χ1n) is 7.52. The molecular formula is C15H31N3O. The van der Waals surface area contributed by atoms with Crippen molar-refractivity contribution in [2.45, 2.75) is 52.5 Å². The third-order valence-corrected chi connectivity index (χ3v) is 4.39. The van der Waals surface area contributed by atoms with Gasteiger partial charge in [0.15, 0.2) is 0 Å². The van der Waals surface area contributed by atoms with Crippen LogP contribution in [0.5, 0.6) is 0 Å². The molecule has 1 heterocycles. The Hall–Kier alpha value is -0.610. The molecule has 3 N–H and O–H groups in total. The molecule has 1 fully saturated rings. The van der Waals surface area contributed by atoms with Gasteiger partial charge in [0.25, 0.3) is 0 Å². The normalized spacial score (nSPS) is 20.3. The summed E-state index contributed by atoms with van der Waals surface area (Å²) in [4.78, 5) is 14.1. The molecule has 1 amide bonds. The Bertz CT molecular complexity index is 281. The standard InChI is InChI=1S/C15H31N3O/c1-12(16)5-6-14(19)17-11-15(2,3)13-7-9-18(4)10-8-13/h12-13H,5-11,16H2,1-4H3,(H,17,19). The van der Waals surface area contributed by atoms with Crippen LogP contribution in [0.1, 0.15) is 46.5 Å². The lowest BCUT2D eigenvalue weighted by atomic mass is 9.73. The van der Waals surface area contributed by atoms with E-state index in [9.17, 15) is 4.79 Å². The van der Waals surface area contributed by atoms with Gasteiger partial charge in [-0.25, -0.2) is 0 Å². The molecule has 1 saturated heterocycles. The quantitative estimate of drug-likeness (QED) is 0.770. The molecule has 0 saturated carbocycles. The van der Waals surface area contributed by atoms with Crippen LogP contribution in [-0.4, -0.2) is 43.5 Å². The van der Waals surface area contributed by atoms with Crippen LogP contribution in [-0.2, 0) is 4.79 Å². The fourth-order valence-electron chi connectivity index (χ4n) is 2.71. The summed E-state index contributed by atoms with van der Waals surface area (Å²) in [6.07, 6.45) is 3.78. The number of amides is 1. The monoisotopic (exact) mass is 269 g/mol. The molecular weight excluding hydrogens is 238 g/mol. The minimum atomic E-state index is 0.104. The number of carbonyl (C=O) groups excluding carboxylic acids is 1. The van der Waals surface area contributed by atoms with E-state index in [1.54, 1.807) is 0 Å². The molecule has 1 rings (SSSR count). The van der Waals surface area contributed by atoms with Crippen LogP contribution in [0.4, 0.5) is 0 Å².